The van der Waals surface area contributed by atoms with Gasteiger partial charge in [0.15, 0.2) is 0 Å². The van der Waals surface area contributed by atoms with E-state index in [4.69, 9.17) is 9.47 Å². The summed E-state index contributed by atoms with van der Waals surface area (Å²) < 4.78 is 10.9. The second-order valence-corrected chi connectivity index (χ2v) is 7.09. The van der Waals surface area contributed by atoms with Gasteiger partial charge in [0.1, 0.15) is 6.10 Å². The molecule has 1 atom stereocenters. The fraction of sp³-hybridized carbons (Fsp3) is 0.652. The Bertz CT molecular complexity index is 536. The lowest BCUT2D eigenvalue weighted by molar-refractivity contribution is 0.0253. The van der Waals surface area contributed by atoms with E-state index in [0.29, 0.717) is 17.7 Å². The first kappa shape index (κ1) is 23.2. The lowest BCUT2D eigenvalue weighted by Crippen LogP contribution is -2.18. The molecule has 0 aliphatic heterocycles. The first-order valence-electron chi connectivity index (χ1n) is 10.6. The molecule has 0 heterocycles. The number of rotatable bonds is 14. The molecule has 4 nitrogen and oxygen atoms in total. The molecule has 0 aromatic heterocycles. The highest BCUT2D eigenvalue weighted by molar-refractivity contribution is 5.93. The maximum atomic E-state index is 12.4. The number of esters is 2. The molecule has 1 aromatic carbocycles. The normalized spacial score (nSPS) is 11.8. The van der Waals surface area contributed by atoms with Crippen molar-refractivity contribution in [2.45, 2.75) is 91.1 Å². The molecular weight excluding hydrogens is 340 g/mol. The number of hydrogen-bond donors (Lipinski definition) is 0. The molecular formula is C23H36O4. The van der Waals surface area contributed by atoms with Gasteiger partial charge in [-0.15, -0.1) is 0 Å². The zero-order valence-corrected chi connectivity index (χ0v) is 17.3. The van der Waals surface area contributed by atoms with Gasteiger partial charge in [-0.05, 0) is 49.9 Å². The Morgan fingerprint density at radius 3 is 1.93 bits per heavy atom. The van der Waals surface area contributed by atoms with Crippen LogP contribution in [-0.2, 0) is 9.47 Å². The number of unbranched alkanes of at least 4 members (excludes halogenated alkanes) is 5. The van der Waals surface area contributed by atoms with E-state index in [1.54, 1.807) is 24.3 Å². The van der Waals surface area contributed by atoms with Crippen LogP contribution in [0, 0.1) is 0 Å². The summed E-state index contributed by atoms with van der Waals surface area (Å²) >= 11 is 0. The summed E-state index contributed by atoms with van der Waals surface area (Å²) in [4.78, 5) is 24.4. The topological polar surface area (TPSA) is 52.6 Å². The predicted octanol–water partition coefficient (Wildman–Crippen LogP) is 6.33. The molecule has 152 valence electrons. The summed E-state index contributed by atoms with van der Waals surface area (Å²) in [7, 11) is 0. The molecule has 0 saturated carbocycles. The van der Waals surface area contributed by atoms with Crippen molar-refractivity contribution < 1.29 is 19.1 Å². The van der Waals surface area contributed by atoms with Gasteiger partial charge in [-0.3, -0.25) is 0 Å². The zero-order valence-electron chi connectivity index (χ0n) is 17.3. The highest BCUT2D eigenvalue weighted by Crippen LogP contribution is 2.16. The molecule has 0 radical (unpaired) electrons. The fourth-order valence-corrected chi connectivity index (χ4v) is 2.95. The van der Waals surface area contributed by atoms with Gasteiger partial charge in [-0.2, -0.15) is 0 Å². The van der Waals surface area contributed by atoms with Crippen LogP contribution < -0.4 is 0 Å². The molecule has 1 aromatic rings. The van der Waals surface area contributed by atoms with Crippen LogP contribution in [-0.4, -0.2) is 24.6 Å². The Kier molecular flexibility index (Phi) is 12.2. The van der Waals surface area contributed by atoms with Gasteiger partial charge in [0.2, 0.25) is 0 Å². The number of hydrogen-bond acceptors (Lipinski definition) is 4. The lowest BCUT2D eigenvalue weighted by atomic mass is 10.1. The molecule has 0 aliphatic rings. The number of benzene rings is 1. The molecule has 4 heteroatoms. The smallest absolute Gasteiger partial charge is 0.338 e. The summed E-state index contributed by atoms with van der Waals surface area (Å²) in [5, 5.41) is 0. The SMILES string of the molecule is CCCCCCC(CCC)OC(=O)c1ccc(C(=O)OCCCCC)cc1. The van der Waals surface area contributed by atoms with Gasteiger partial charge in [-0.25, -0.2) is 9.59 Å². The Labute approximate surface area is 164 Å². The van der Waals surface area contributed by atoms with E-state index >= 15 is 0 Å². The van der Waals surface area contributed by atoms with Crippen LogP contribution in [0.15, 0.2) is 24.3 Å². The summed E-state index contributed by atoms with van der Waals surface area (Å²) in [6.45, 7) is 6.84. The van der Waals surface area contributed by atoms with Crippen LogP contribution in [0.4, 0.5) is 0 Å². The van der Waals surface area contributed by atoms with E-state index in [2.05, 4.69) is 20.8 Å². The highest BCUT2D eigenvalue weighted by atomic mass is 16.5. The third-order valence-corrected chi connectivity index (χ3v) is 4.60. The molecule has 0 spiro atoms. The Balaban J connectivity index is 2.52. The molecule has 1 unspecified atom stereocenters. The highest BCUT2D eigenvalue weighted by Gasteiger charge is 2.16. The third kappa shape index (κ3) is 9.60. The van der Waals surface area contributed by atoms with Crippen LogP contribution in [0.3, 0.4) is 0 Å². The maximum Gasteiger partial charge on any atom is 0.338 e. The van der Waals surface area contributed by atoms with Gasteiger partial charge in [0.05, 0.1) is 17.7 Å². The van der Waals surface area contributed by atoms with Crippen molar-refractivity contribution in [1.82, 2.24) is 0 Å². The standard InChI is InChI=1S/C23H36O4/c1-4-7-9-10-13-21(12-6-3)27-23(25)20-16-14-19(15-17-20)22(24)26-18-11-8-5-2/h14-17,21H,4-13,18H2,1-3H3. The Morgan fingerprint density at radius 2 is 1.33 bits per heavy atom. The first-order valence-corrected chi connectivity index (χ1v) is 10.6. The second kappa shape index (κ2) is 14.2. The average Bonchev–Trinajstić information content (AvgIpc) is 2.68. The molecule has 1 rings (SSSR count). The molecule has 0 bridgehead atoms. The maximum absolute atomic E-state index is 12.4. The van der Waals surface area contributed by atoms with Crippen LogP contribution in [0.5, 0.6) is 0 Å². The van der Waals surface area contributed by atoms with Crippen molar-refractivity contribution in [1.29, 1.82) is 0 Å². The molecule has 0 amide bonds. The minimum atomic E-state index is -0.342. The Morgan fingerprint density at radius 1 is 0.741 bits per heavy atom. The summed E-state index contributed by atoms with van der Waals surface area (Å²) in [6, 6.07) is 6.56. The number of carbonyl (C=O) groups is 2. The number of ether oxygens (including phenoxy) is 2. The summed E-state index contributed by atoms with van der Waals surface area (Å²) in [6.07, 6.45) is 10.5. The summed E-state index contributed by atoms with van der Waals surface area (Å²) in [5.74, 6) is -0.655. The molecule has 0 N–H and O–H groups in total. The van der Waals surface area contributed by atoms with Gasteiger partial charge >= 0.3 is 11.9 Å². The van der Waals surface area contributed by atoms with Crippen molar-refractivity contribution in [2.75, 3.05) is 6.61 Å². The average molecular weight is 377 g/mol. The van der Waals surface area contributed by atoms with Crippen molar-refractivity contribution in [3.63, 3.8) is 0 Å². The zero-order chi connectivity index (χ0) is 19.9. The summed E-state index contributed by atoms with van der Waals surface area (Å²) in [5.41, 5.74) is 0.944. The molecule has 0 aliphatic carbocycles. The van der Waals surface area contributed by atoms with Crippen molar-refractivity contribution in [3.05, 3.63) is 35.4 Å². The molecule has 0 saturated heterocycles. The van der Waals surface area contributed by atoms with Crippen molar-refractivity contribution in [2.24, 2.45) is 0 Å². The minimum absolute atomic E-state index is 0.0254. The van der Waals surface area contributed by atoms with Crippen LogP contribution >= 0.6 is 0 Å². The van der Waals surface area contributed by atoms with E-state index in [1.165, 1.54) is 19.3 Å². The van der Waals surface area contributed by atoms with Gasteiger partial charge in [0, 0.05) is 0 Å². The van der Waals surface area contributed by atoms with Gasteiger partial charge < -0.3 is 9.47 Å². The lowest BCUT2D eigenvalue weighted by Gasteiger charge is -2.17. The fourth-order valence-electron chi connectivity index (χ4n) is 2.95. The van der Waals surface area contributed by atoms with Crippen LogP contribution in [0.1, 0.15) is 106 Å². The monoisotopic (exact) mass is 376 g/mol. The van der Waals surface area contributed by atoms with E-state index < -0.39 is 0 Å². The van der Waals surface area contributed by atoms with Gasteiger partial charge in [-0.1, -0.05) is 59.3 Å². The third-order valence-electron chi connectivity index (χ3n) is 4.60. The van der Waals surface area contributed by atoms with Crippen molar-refractivity contribution in [3.8, 4) is 0 Å². The van der Waals surface area contributed by atoms with Crippen molar-refractivity contribution >= 4 is 11.9 Å². The second-order valence-electron chi connectivity index (χ2n) is 7.09. The first-order chi connectivity index (χ1) is 13.1. The van der Waals surface area contributed by atoms with E-state index in [9.17, 15) is 9.59 Å². The largest absolute Gasteiger partial charge is 0.462 e. The predicted molar refractivity (Wildman–Crippen MR) is 109 cm³/mol. The van der Waals surface area contributed by atoms with E-state index in [1.807, 2.05) is 0 Å². The van der Waals surface area contributed by atoms with E-state index in [0.717, 1.165) is 44.9 Å². The van der Waals surface area contributed by atoms with E-state index in [-0.39, 0.29) is 18.0 Å². The van der Waals surface area contributed by atoms with Gasteiger partial charge in [0.25, 0.3) is 0 Å². The van der Waals surface area contributed by atoms with Crippen LogP contribution in [0.2, 0.25) is 0 Å². The molecule has 0 fully saturated rings. The molecule has 27 heavy (non-hydrogen) atoms. The van der Waals surface area contributed by atoms with Crippen LogP contribution in [0.25, 0.3) is 0 Å². The Hall–Kier alpha value is -1.84. The minimum Gasteiger partial charge on any atom is -0.462 e. The number of carbonyl (C=O) groups excluding carboxylic acids is 2. The quantitative estimate of drug-likeness (QED) is 0.281.